The van der Waals surface area contributed by atoms with Crippen molar-refractivity contribution in [1.82, 2.24) is 9.97 Å². The van der Waals surface area contributed by atoms with Crippen molar-refractivity contribution >= 4 is 29.0 Å². The monoisotopic (exact) mass is 338 g/mol. The predicted molar refractivity (Wildman–Crippen MR) is 86.7 cm³/mol. The Morgan fingerprint density at radius 3 is 2.64 bits per heavy atom. The van der Waals surface area contributed by atoms with E-state index in [9.17, 15) is 4.79 Å². The van der Waals surface area contributed by atoms with Crippen molar-refractivity contribution in [2.24, 2.45) is 5.92 Å². The van der Waals surface area contributed by atoms with Gasteiger partial charge in [0.05, 0.1) is 11.2 Å². The van der Waals surface area contributed by atoms with E-state index in [0.717, 1.165) is 0 Å². The van der Waals surface area contributed by atoms with Gasteiger partial charge in [0.15, 0.2) is 6.10 Å². The number of ether oxygens (including phenoxy) is 1. The topological polar surface area (TPSA) is 52.1 Å². The largest absolute Gasteiger partial charge is 0.481 e. The summed E-state index contributed by atoms with van der Waals surface area (Å²) < 4.78 is 5.82. The van der Waals surface area contributed by atoms with Crippen LogP contribution >= 0.6 is 23.2 Å². The lowest BCUT2D eigenvalue weighted by Gasteiger charge is -2.20. The third-order valence-corrected chi connectivity index (χ3v) is 3.49. The first kappa shape index (κ1) is 16.7. The van der Waals surface area contributed by atoms with Gasteiger partial charge in [0.25, 0.3) is 0 Å². The molecule has 0 spiro atoms. The molecule has 0 radical (unpaired) electrons. The third kappa shape index (κ3) is 4.42. The lowest BCUT2D eigenvalue weighted by Crippen LogP contribution is -2.30. The van der Waals surface area contributed by atoms with E-state index in [4.69, 9.17) is 27.9 Å². The zero-order valence-corrected chi connectivity index (χ0v) is 13.8. The second kappa shape index (κ2) is 7.56. The van der Waals surface area contributed by atoms with E-state index >= 15 is 0 Å². The van der Waals surface area contributed by atoms with Crippen LogP contribution in [0, 0.1) is 5.92 Å². The van der Waals surface area contributed by atoms with Crippen molar-refractivity contribution in [2.75, 3.05) is 0 Å². The summed E-state index contributed by atoms with van der Waals surface area (Å²) in [7, 11) is 0. The van der Waals surface area contributed by atoms with Crippen LogP contribution in [-0.2, 0) is 0 Å². The lowest BCUT2D eigenvalue weighted by atomic mass is 10.0. The summed E-state index contributed by atoms with van der Waals surface area (Å²) in [6, 6.07) is 4.90. The first-order chi connectivity index (χ1) is 10.5. The Kier molecular flexibility index (Phi) is 5.75. The van der Waals surface area contributed by atoms with Crippen LogP contribution in [0.25, 0.3) is 0 Å². The van der Waals surface area contributed by atoms with Crippen LogP contribution in [0.15, 0.2) is 36.8 Å². The Labute approximate surface area is 139 Å². The summed E-state index contributed by atoms with van der Waals surface area (Å²) in [5.41, 5.74) is 0.276. The van der Waals surface area contributed by atoms with Crippen molar-refractivity contribution in [3.63, 3.8) is 0 Å². The van der Waals surface area contributed by atoms with Crippen molar-refractivity contribution in [1.29, 1.82) is 0 Å². The van der Waals surface area contributed by atoms with Crippen molar-refractivity contribution in [3.05, 3.63) is 52.5 Å². The van der Waals surface area contributed by atoms with Crippen LogP contribution in [0.3, 0.4) is 0 Å². The summed E-state index contributed by atoms with van der Waals surface area (Å²) in [5.74, 6) is 0.485. The lowest BCUT2D eigenvalue weighted by molar-refractivity contribution is 0.0751. The minimum absolute atomic E-state index is 0.215. The summed E-state index contributed by atoms with van der Waals surface area (Å²) in [4.78, 5) is 20.5. The average Bonchev–Trinajstić information content (AvgIpc) is 2.49. The molecule has 0 bridgehead atoms. The molecule has 0 saturated heterocycles. The van der Waals surface area contributed by atoms with E-state index in [-0.39, 0.29) is 17.4 Å². The standard InChI is InChI=1S/C16H16Cl2N2O2/c1-10(2)7-15(16(21)13-9-19-5-6-20-13)22-14-4-3-11(17)8-12(14)18/h3-6,8-10,15H,7H2,1-2H3. The molecule has 2 rings (SSSR count). The molecular weight excluding hydrogens is 323 g/mol. The Bertz CT molecular complexity index is 648. The molecule has 0 N–H and O–H groups in total. The van der Waals surface area contributed by atoms with Crippen LogP contribution in [0.4, 0.5) is 0 Å². The quantitative estimate of drug-likeness (QED) is 0.729. The number of carbonyl (C=O) groups excluding carboxylic acids is 1. The van der Waals surface area contributed by atoms with E-state index < -0.39 is 6.10 Å². The summed E-state index contributed by atoms with van der Waals surface area (Å²) in [6.45, 7) is 4.04. The van der Waals surface area contributed by atoms with Crippen LogP contribution in [0.2, 0.25) is 10.0 Å². The van der Waals surface area contributed by atoms with Gasteiger partial charge < -0.3 is 4.74 Å². The zero-order valence-electron chi connectivity index (χ0n) is 12.3. The van der Waals surface area contributed by atoms with E-state index in [0.29, 0.717) is 22.2 Å². The smallest absolute Gasteiger partial charge is 0.223 e. The fourth-order valence-electron chi connectivity index (χ4n) is 1.95. The molecule has 116 valence electrons. The SMILES string of the molecule is CC(C)CC(Oc1ccc(Cl)cc1Cl)C(=O)c1cnccn1. The number of carbonyl (C=O) groups is 1. The maximum Gasteiger partial charge on any atom is 0.223 e. The molecule has 4 nitrogen and oxygen atoms in total. The number of Topliss-reactive ketones (excluding diaryl/α,β-unsaturated/α-hetero) is 1. The van der Waals surface area contributed by atoms with Crippen LogP contribution in [0.1, 0.15) is 30.8 Å². The molecule has 0 fully saturated rings. The second-order valence-electron chi connectivity index (χ2n) is 5.27. The molecule has 0 aliphatic carbocycles. The third-order valence-electron chi connectivity index (χ3n) is 2.96. The normalized spacial score (nSPS) is 12.2. The Balaban J connectivity index is 2.24. The van der Waals surface area contributed by atoms with E-state index in [2.05, 4.69) is 9.97 Å². The predicted octanol–water partition coefficient (Wildman–Crippen LogP) is 4.46. The number of aromatic nitrogens is 2. The van der Waals surface area contributed by atoms with Crippen LogP contribution < -0.4 is 4.74 Å². The molecule has 0 amide bonds. The maximum absolute atomic E-state index is 12.6. The van der Waals surface area contributed by atoms with Gasteiger partial charge in [-0.15, -0.1) is 0 Å². The minimum Gasteiger partial charge on any atom is -0.481 e. The molecule has 0 aliphatic heterocycles. The fraction of sp³-hybridized carbons (Fsp3) is 0.312. The van der Waals surface area contributed by atoms with Crippen molar-refractivity contribution in [2.45, 2.75) is 26.4 Å². The van der Waals surface area contributed by atoms with Gasteiger partial charge in [0.1, 0.15) is 11.4 Å². The van der Waals surface area contributed by atoms with Gasteiger partial charge in [0, 0.05) is 17.4 Å². The summed E-state index contributed by atoms with van der Waals surface area (Å²) in [5, 5.41) is 0.881. The van der Waals surface area contributed by atoms with Gasteiger partial charge in [-0.3, -0.25) is 9.78 Å². The first-order valence-corrected chi connectivity index (χ1v) is 7.65. The highest BCUT2D eigenvalue weighted by Crippen LogP contribution is 2.29. The molecule has 1 unspecified atom stereocenters. The van der Waals surface area contributed by atoms with E-state index in [1.165, 1.54) is 18.6 Å². The Morgan fingerprint density at radius 2 is 2.05 bits per heavy atom. The molecule has 2 aromatic rings. The fourth-order valence-corrected chi connectivity index (χ4v) is 2.41. The molecular formula is C16H16Cl2N2O2. The van der Waals surface area contributed by atoms with Gasteiger partial charge in [-0.1, -0.05) is 37.0 Å². The van der Waals surface area contributed by atoms with Crippen molar-refractivity contribution < 1.29 is 9.53 Å². The van der Waals surface area contributed by atoms with Gasteiger partial charge in [-0.25, -0.2) is 4.98 Å². The van der Waals surface area contributed by atoms with Crippen LogP contribution in [0.5, 0.6) is 5.75 Å². The van der Waals surface area contributed by atoms with Crippen LogP contribution in [-0.4, -0.2) is 21.9 Å². The Morgan fingerprint density at radius 1 is 1.27 bits per heavy atom. The van der Waals surface area contributed by atoms with E-state index in [1.807, 2.05) is 13.8 Å². The zero-order chi connectivity index (χ0) is 16.1. The van der Waals surface area contributed by atoms with E-state index in [1.54, 1.807) is 18.2 Å². The van der Waals surface area contributed by atoms with Crippen molar-refractivity contribution in [3.8, 4) is 5.75 Å². The summed E-state index contributed by atoms with van der Waals surface area (Å²) in [6.07, 6.45) is 4.31. The highest BCUT2D eigenvalue weighted by Gasteiger charge is 2.25. The number of nitrogens with zero attached hydrogens (tertiary/aromatic N) is 2. The molecule has 6 heteroatoms. The number of benzene rings is 1. The molecule has 1 heterocycles. The van der Waals surface area contributed by atoms with Gasteiger partial charge in [-0.2, -0.15) is 0 Å². The average molecular weight is 339 g/mol. The first-order valence-electron chi connectivity index (χ1n) is 6.89. The van der Waals surface area contributed by atoms with Gasteiger partial charge in [-0.05, 0) is 30.5 Å². The number of hydrogen-bond donors (Lipinski definition) is 0. The number of rotatable bonds is 6. The maximum atomic E-state index is 12.6. The van der Waals surface area contributed by atoms with Gasteiger partial charge >= 0.3 is 0 Å². The highest BCUT2D eigenvalue weighted by molar-refractivity contribution is 6.35. The number of hydrogen-bond acceptors (Lipinski definition) is 4. The second-order valence-corrected chi connectivity index (χ2v) is 6.11. The molecule has 1 aromatic heterocycles. The van der Waals surface area contributed by atoms with Gasteiger partial charge in [0.2, 0.25) is 5.78 Å². The Hall–Kier alpha value is -1.65. The molecule has 0 aliphatic rings. The highest BCUT2D eigenvalue weighted by atomic mass is 35.5. The molecule has 1 aromatic carbocycles. The number of halogens is 2. The molecule has 22 heavy (non-hydrogen) atoms. The summed E-state index contributed by atoms with van der Waals surface area (Å²) >= 11 is 12.0. The molecule has 1 atom stereocenters. The number of ketones is 1. The molecule has 0 saturated carbocycles. The minimum atomic E-state index is -0.671.